The van der Waals surface area contributed by atoms with Crippen molar-refractivity contribution >= 4 is 21.4 Å². The molecule has 0 saturated carbocycles. The summed E-state index contributed by atoms with van der Waals surface area (Å²) in [5.74, 6) is -0.871. The smallest absolute Gasteiger partial charge is 0.406 e. The fourth-order valence-corrected chi connectivity index (χ4v) is 4.11. The molecule has 1 aliphatic heterocycles. The third-order valence-electron chi connectivity index (χ3n) is 3.17. The van der Waals surface area contributed by atoms with E-state index in [4.69, 9.17) is 0 Å². The van der Waals surface area contributed by atoms with E-state index < -0.39 is 16.2 Å². The molecule has 0 spiro atoms. The number of carbonyl (C=O) groups is 1. The van der Waals surface area contributed by atoms with Crippen LogP contribution in [0.5, 0.6) is 5.75 Å². The average Bonchev–Trinajstić information content (AvgIpc) is 2.69. The van der Waals surface area contributed by atoms with Crippen molar-refractivity contribution in [2.45, 2.75) is 19.2 Å². The molecule has 1 heterocycles. The molecule has 0 aliphatic carbocycles. The van der Waals surface area contributed by atoms with E-state index in [0.29, 0.717) is 12.1 Å². The number of ether oxygens (including phenoxy) is 1. The number of hydrogen-bond donors (Lipinski definition) is 1. The van der Waals surface area contributed by atoms with Crippen LogP contribution in [0.25, 0.3) is 0 Å². The van der Waals surface area contributed by atoms with Gasteiger partial charge in [0.1, 0.15) is 5.75 Å². The Balaban J connectivity index is 1.87. The molecular formula is C13H14F3NO4S. The fraction of sp³-hybridized carbons (Fsp3) is 0.462. The molecule has 122 valence electrons. The second-order valence-corrected chi connectivity index (χ2v) is 7.32. The molecule has 0 bridgehead atoms. The lowest BCUT2D eigenvalue weighted by atomic mass is 10.1. The maximum absolute atomic E-state index is 12.0. The van der Waals surface area contributed by atoms with Gasteiger partial charge in [-0.15, -0.1) is 13.2 Å². The first kappa shape index (κ1) is 16.6. The Labute approximate surface area is 125 Å². The molecule has 1 fully saturated rings. The predicted molar refractivity (Wildman–Crippen MR) is 73.1 cm³/mol. The van der Waals surface area contributed by atoms with Gasteiger partial charge >= 0.3 is 6.36 Å². The van der Waals surface area contributed by atoms with E-state index >= 15 is 0 Å². The second kappa shape index (κ2) is 6.15. The van der Waals surface area contributed by atoms with Crippen LogP contribution in [0.1, 0.15) is 12.8 Å². The summed E-state index contributed by atoms with van der Waals surface area (Å²) in [7, 11) is -3.04. The number of benzene rings is 1. The van der Waals surface area contributed by atoms with Crippen LogP contribution in [0.3, 0.4) is 0 Å². The van der Waals surface area contributed by atoms with Crippen LogP contribution in [0, 0.1) is 5.92 Å². The van der Waals surface area contributed by atoms with E-state index in [1.54, 1.807) is 0 Å². The lowest BCUT2D eigenvalue weighted by molar-refractivity contribution is -0.274. The molecule has 1 aliphatic rings. The van der Waals surface area contributed by atoms with Crippen molar-refractivity contribution in [2.75, 3.05) is 16.8 Å². The summed E-state index contributed by atoms with van der Waals surface area (Å²) in [6, 6.07) is 4.74. The first-order valence-electron chi connectivity index (χ1n) is 6.49. The van der Waals surface area contributed by atoms with Gasteiger partial charge in [0.25, 0.3) is 0 Å². The topological polar surface area (TPSA) is 72.5 Å². The van der Waals surface area contributed by atoms with Gasteiger partial charge in [0, 0.05) is 12.1 Å². The van der Waals surface area contributed by atoms with Gasteiger partial charge in [0.05, 0.1) is 11.5 Å². The number of nitrogens with one attached hydrogen (secondary N) is 1. The van der Waals surface area contributed by atoms with Gasteiger partial charge in [0.15, 0.2) is 9.84 Å². The molecule has 1 unspecified atom stereocenters. The van der Waals surface area contributed by atoms with E-state index in [1.165, 1.54) is 12.1 Å². The molecule has 1 aromatic rings. The minimum atomic E-state index is -4.77. The summed E-state index contributed by atoms with van der Waals surface area (Å²) >= 11 is 0. The van der Waals surface area contributed by atoms with Gasteiger partial charge in [-0.25, -0.2) is 8.42 Å². The summed E-state index contributed by atoms with van der Waals surface area (Å²) in [4.78, 5) is 11.8. The highest BCUT2D eigenvalue weighted by Gasteiger charge is 2.31. The summed E-state index contributed by atoms with van der Waals surface area (Å²) in [5.41, 5.74) is 0.320. The molecular weight excluding hydrogens is 323 g/mol. The molecule has 0 aromatic heterocycles. The first-order valence-corrected chi connectivity index (χ1v) is 8.31. The highest BCUT2D eigenvalue weighted by Crippen LogP contribution is 2.25. The van der Waals surface area contributed by atoms with Crippen LogP contribution in [0.4, 0.5) is 18.9 Å². The Bertz CT molecular complexity index is 640. The average molecular weight is 337 g/mol. The van der Waals surface area contributed by atoms with Crippen molar-refractivity contribution in [2.24, 2.45) is 5.92 Å². The maximum atomic E-state index is 12.0. The lowest BCUT2D eigenvalue weighted by Gasteiger charge is -2.11. The maximum Gasteiger partial charge on any atom is 0.573 e. The first-order chi connectivity index (χ1) is 10.1. The van der Waals surface area contributed by atoms with E-state index in [0.717, 1.165) is 12.1 Å². The van der Waals surface area contributed by atoms with Crippen molar-refractivity contribution in [3.05, 3.63) is 24.3 Å². The Kier molecular flexibility index (Phi) is 4.64. The number of carbonyl (C=O) groups excluding carboxylic acids is 1. The van der Waals surface area contributed by atoms with Crippen LogP contribution in [0.15, 0.2) is 24.3 Å². The van der Waals surface area contributed by atoms with Gasteiger partial charge in [-0.1, -0.05) is 0 Å². The number of anilines is 1. The standard InChI is InChI=1S/C13H14F3NO4S/c14-13(15,16)21-11-3-1-10(2-4-11)17-12(18)7-9-5-6-22(19,20)8-9/h1-4,9H,5-8H2,(H,17,18). The van der Waals surface area contributed by atoms with Crippen LogP contribution in [-0.4, -0.2) is 32.2 Å². The van der Waals surface area contributed by atoms with E-state index in [9.17, 15) is 26.4 Å². The van der Waals surface area contributed by atoms with Crippen molar-refractivity contribution in [1.29, 1.82) is 0 Å². The molecule has 1 aromatic carbocycles. The number of sulfone groups is 1. The van der Waals surface area contributed by atoms with E-state index in [-0.39, 0.29) is 35.5 Å². The highest BCUT2D eigenvalue weighted by molar-refractivity contribution is 7.91. The van der Waals surface area contributed by atoms with E-state index in [2.05, 4.69) is 10.1 Å². The Morgan fingerprint density at radius 3 is 2.41 bits per heavy atom. The number of rotatable bonds is 4. The third-order valence-corrected chi connectivity index (χ3v) is 5.01. The Morgan fingerprint density at radius 1 is 1.27 bits per heavy atom. The van der Waals surface area contributed by atoms with Crippen LogP contribution in [-0.2, 0) is 14.6 Å². The second-order valence-electron chi connectivity index (χ2n) is 5.09. The molecule has 1 amide bonds. The summed E-state index contributed by atoms with van der Waals surface area (Å²) in [6.07, 6.45) is -4.24. The van der Waals surface area contributed by atoms with Crippen LogP contribution >= 0.6 is 0 Å². The summed E-state index contributed by atoms with van der Waals surface area (Å²) in [5, 5.41) is 2.52. The van der Waals surface area contributed by atoms with Gasteiger partial charge in [-0.2, -0.15) is 0 Å². The SMILES string of the molecule is O=C(CC1CCS(=O)(=O)C1)Nc1ccc(OC(F)(F)F)cc1. The zero-order valence-corrected chi connectivity index (χ0v) is 12.2. The Hall–Kier alpha value is -1.77. The molecule has 22 heavy (non-hydrogen) atoms. The Morgan fingerprint density at radius 2 is 1.91 bits per heavy atom. The number of amides is 1. The number of alkyl halides is 3. The lowest BCUT2D eigenvalue weighted by Crippen LogP contribution is -2.18. The summed E-state index contributed by atoms with van der Waals surface area (Å²) < 4.78 is 62.3. The zero-order valence-electron chi connectivity index (χ0n) is 11.4. The predicted octanol–water partition coefficient (Wildman–Crippen LogP) is 2.35. The molecule has 1 N–H and O–H groups in total. The quantitative estimate of drug-likeness (QED) is 0.915. The van der Waals surface area contributed by atoms with Crippen molar-refractivity contribution in [3.8, 4) is 5.75 Å². The molecule has 1 atom stereocenters. The van der Waals surface area contributed by atoms with Crippen molar-refractivity contribution < 1.29 is 31.1 Å². The van der Waals surface area contributed by atoms with Gasteiger partial charge in [0.2, 0.25) is 5.91 Å². The minimum Gasteiger partial charge on any atom is -0.406 e. The zero-order chi connectivity index (χ0) is 16.4. The van der Waals surface area contributed by atoms with E-state index in [1.807, 2.05) is 0 Å². The highest BCUT2D eigenvalue weighted by atomic mass is 32.2. The molecule has 1 saturated heterocycles. The number of halogens is 3. The molecule has 5 nitrogen and oxygen atoms in total. The summed E-state index contributed by atoms with van der Waals surface area (Å²) in [6.45, 7) is 0. The van der Waals surface area contributed by atoms with Crippen LogP contribution in [0.2, 0.25) is 0 Å². The monoisotopic (exact) mass is 337 g/mol. The van der Waals surface area contributed by atoms with Gasteiger partial charge < -0.3 is 10.1 Å². The van der Waals surface area contributed by atoms with Crippen molar-refractivity contribution in [3.63, 3.8) is 0 Å². The van der Waals surface area contributed by atoms with Crippen LogP contribution < -0.4 is 10.1 Å². The molecule has 0 radical (unpaired) electrons. The van der Waals surface area contributed by atoms with Gasteiger partial charge in [-0.3, -0.25) is 4.79 Å². The van der Waals surface area contributed by atoms with Crippen molar-refractivity contribution in [1.82, 2.24) is 0 Å². The molecule has 9 heteroatoms. The molecule has 2 rings (SSSR count). The fourth-order valence-electron chi connectivity index (χ4n) is 2.25. The largest absolute Gasteiger partial charge is 0.573 e. The minimum absolute atomic E-state index is 0.00121. The third kappa shape index (κ3) is 5.21. The number of hydrogen-bond acceptors (Lipinski definition) is 4. The van der Waals surface area contributed by atoms with Gasteiger partial charge in [-0.05, 0) is 36.6 Å². The normalized spacial score (nSPS) is 20.6.